The molecule has 0 fully saturated rings. The zero-order chi connectivity index (χ0) is 25.0. The topological polar surface area (TPSA) is 90.2 Å². The van der Waals surface area contributed by atoms with E-state index in [4.69, 9.17) is 14.2 Å². The monoisotopic (exact) mass is 480 g/mol. The summed E-state index contributed by atoms with van der Waals surface area (Å²) in [6, 6.07) is 4.57. The van der Waals surface area contributed by atoms with Crippen LogP contribution in [0.5, 0.6) is 11.5 Å². The lowest BCUT2D eigenvalue weighted by Gasteiger charge is -2.45. The van der Waals surface area contributed by atoms with E-state index in [1.807, 2.05) is 25.8 Å². The van der Waals surface area contributed by atoms with Crippen LogP contribution in [0.4, 0.5) is 8.78 Å². The Morgan fingerprint density at radius 2 is 1.88 bits per heavy atom. The number of rotatable bonds is 11. The molecule has 1 aromatic carbocycles. The van der Waals surface area contributed by atoms with Gasteiger partial charge in [-0.1, -0.05) is 6.92 Å². The molecular weight excluding hydrogens is 450 g/mol. The fraction of sp³-hybridized carbons (Fsp3) is 0.500. The van der Waals surface area contributed by atoms with Crippen LogP contribution in [-0.4, -0.2) is 54.6 Å². The molecule has 0 bridgehead atoms. The standard InChI is InChI=1S/C24H30F2N2O6/c1-5-24(2,3)28-12-15-9-20(33-8-6-7-32-4)21(34-14-22(25)26)10-16(15)18-11-19(29)17(23(30)31)13-27(18)28/h9-11,13,22H,5-8,12,14H2,1-4H3,(H,30,31). The molecule has 8 nitrogen and oxygen atoms in total. The first-order valence-corrected chi connectivity index (χ1v) is 11.1. The number of hydrogen-bond acceptors (Lipinski definition) is 6. The zero-order valence-corrected chi connectivity index (χ0v) is 19.8. The number of nitrogens with zero attached hydrogens (tertiary/aromatic N) is 2. The molecule has 0 saturated carbocycles. The number of benzene rings is 1. The number of carboxylic acid groups (broad SMARTS) is 1. The molecule has 34 heavy (non-hydrogen) atoms. The summed E-state index contributed by atoms with van der Waals surface area (Å²) in [7, 11) is 1.58. The van der Waals surface area contributed by atoms with Crippen molar-refractivity contribution in [1.82, 2.24) is 4.68 Å². The number of methoxy groups -OCH3 is 1. The average Bonchev–Trinajstić information content (AvgIpc) is 2.79. The molecule has 186 valence electrons. The number of aromatic nitrogens is 1. The van der Waals surface area contributed by atoms with E-state index in [0.29, 0.717) is 43.2 Å². The minimum Gasteiger partial charge on any atom is -0.490 e. The van der Waals surface area contributed by atoms with Gasteiger partial charge in [0.2, 0.25) is 0 Å². The summed E-state index contributed by atoms with van der Waals surface area (Å²) in [5.41, 5.74) is 0.459. The van der Waals surface area contributed by atoms with Crippen molar-refractivity contribution >= 4 is 5.97 Å². The van der Waals surface area contributed by atoms with Crippen LogP contribution in [0.3, 0.4) is 0 Å². The maximum Gasteiger partial charge on any atom is 0.341 e. The van der Waals surface area contributed by atoms with E-state index in [-0.39, 0.29) is 16.9 Å². The number of carboxylic acids is 1. The van der Waals surface area contributed by atoms with Crippen LogP contribution in [-0.2, 0) is 11.3 Å². The summed E-state index contributed by atoms with van der Waals surface area (Å²) in [6.45, 7) is 6.41. The number of ether oxygens (including phenoxy) is 3. The lowest BCUT2D eigenvalue weighted by Crippen LogP contribution is -2.52. The second-order valence-corrected chi connectivity index (χ2v) is 8.66. The van der Waals surface area contributed by atoms with E-state index in [2.05, 4.69) is 0 Å². The highest BCUT2D eigenvalue weighted by molar-refractivity contribution is 5.88. The third-order valence-electron chi connectivity index (χ3n) is 5.97. The third kappa shape index (κ3) is 5.32. The SMILES string of the molecule is CCC(C)(C)N1Cc2cc(OCCCOC)c(OCC(F)F)cc2-c2cc(=O)c(C(=O)O)cn21. The van der Waals surface area contributed by atoms with Gasteiger partial charge < -0.3 is 24.3 Å². The number of hydrogen-bond donors (Lipinski definition) is 1. The van der Waals surface area contributed by atoms with E-state index in [9.17, 15) is 23.5 Å². The van der Waals surface area contributed by atoms with Gasteiger partial charge in [0.1, 0.15) is 12.2 Å². The van der Waals surface area contributed by atoms with Crippen LogP contribution in [0.1, 0.15) is 49.5 Å². The van der Waals surface area contributed by atoms with E-state index in [1.54, 1.807) is 23.9 Å². The Kier molecular flexibility index (Phi) is 7.81. The molecule has 1 aromatic heterocycles. The smallest absolute Gasteiger partial charge is 0.341 e. The number of halogens is 2. The fourth-order valence-corrected chi connectivity index (χ4v) is 3.75. The summed E-state index contributed by atoms with van der Waals surface area (Å²) >= 11 is 0. The van der Waals surface area contributed by atoms with Crippen LogP contribution in [0.15, 0.2) is 29.2 Å². The van der Waals surface area contributed by atoms with Gasteiger partial charge in [-0.15, -0.1) is 0 Å². The molecule has 0 radical (unpaired) electrons. The predicted molar refractivity (Wildman–Crippen MR) is 123 cm³/mol. The first-order chi connectivity index (χ1) is 16.1. The van der Waals surface area contributed by atoms with E-state index < -0.39 is 24.4 Å². The molecule has 0 spiro atoms. The molecule has 1 N–H and O–H groups in total. The van der Waals surface area contributed by atoms with Gasteiger partial charge in [-0.3, -0.25) is 9.47 Å². The van der Waals surface area contributed by atoms with E-state index in [0.717, 1.165) is 12.0 Å². The molecule has 0 aliphatic carbocycles. The second kappa shape index (κ2) is 10.4. The summed E-state index contributed by atoms with van der Waals surface area (Å²) in [4.78, 5) is 24.2. The van der Waals surface area contributed by atoms with Crippen molar-refractivity contribution in [3.05, 3.63) is 45.7 Å². The van der Waals surface area contributed by atoms with Crippen molar-refractivity contribution < 1.29 is 32.9 Å². The van der Waals surface area contributed by atoms with Crippen LogP contribution >= 0.6 is 0 Å². The fourth-order valence-electron chi connectivity index (χ4n) is 3.75. The van der Waals surface area contributed by atoms with Crippen molar-refractivity contribution in [3.63, 3.8) is 0 Å². The summed E-state index contributed by atoms with van der Waals surface area (Å²) in [6.07, 6.45) is -0.0135. The number of carbonyl (C=O) groups is 1. The molecule has 3 rings (SSSR count). The Morgan fingerprint density at radius 3 is 2.50 bits per heavy atom. The van der Waals surface area contributed by atoms with Crippen LogP contribution in [0.25, 0.3) is 11.3 Å². The Hall–Kier alpha value is -3.14. The molecule has 0 saturated heterocycles. The van der Waals surface area contributed by atoms with E-state index >= 15 is 0 Å². The van der Waals surface area contributed by atoms with Crippen molar-refractivity contribution in [2.45, 2.75) is 52.1 Å². The van der Waals surface area contributed by atoms with Crippen molar-refractivity contribution in [1.29, 1.82) is 0 Å². The first-order valence-electron chi connectivity index (χ1n) is 11.1. The van der Waals surface area contributed by atoms with Crippen LogP contribution in [0, 0.1) is 0 Å². The molecule has 2 aromatic rings. The summed E-state index contributed by atoms with van der Waals surface area (Å²) in [5, 5.41) is 11.5. The molecular formula is C24H30F2N2O6. The van der Waals surface area contributed by atoms with Crippen molar-refractivity contribution in [2.24, 2.45) is 0 Å². The zero-order valence-electron chi connectivity index (χ0n) is 19.8. The predicted octanol–water partition coefficient (Wildman–Crippen LogP) is 3.91. The molecule has 10 heteroatoms. The highest BCUT2D eigenvalue weighted by atomic mass is 19.3. The molecule has 0 unspecified atom stereocenters. The van der Waals surface area contributed by atoms with Gasteiger partial charge >= 0.3 is 5.97 Å². The number of fused-ring (bicyclic) bond motifs is 3. The molecule has 0 atom stereocenters. The van der Waals surface area contributed by atoms with E-state index in [1.165, 1.54) is 12.3 Å². The quantitative estimate of drug-likeness (QED) is 0.488. The van der Waals surface area contributed by atoms with Gasteiger partial charge in [0, 0.05) is 38.0 Å². The molecule has 0 amide bonds. The Labute approximate surface area is 196 Å². The minimum atomic E-state index is -2.67. The first kappa shape index (κ1) is 25.5. The van der Waals surface area contributed by atoms with Gasteiger partial charge in [-0.2, -0.15) is 0 Å². The summed E-state index contributed by atoms with van der Waals surface area (Å²) in [5.74, 6) is -0.871. The summed E-state index contributed by atoms with van der Waals surface area (Å²) < 4.78 is 43.6. The highest BCUT2D eigenvalue weighted by Gasteiger charge is 2.33. The van der Waals surface area contributed by atoms with Crippen LogP contribution in [0.2, 0.25) is 0 Å². The van der Waals surface area contributed by atoms with Gasteiger partial charge in [0.15, 0.2) is 16.9 Å². The molecule has 1 aliphatic heterocycles. The van der Waals surface area contributed by atoms with Crippen LogP contribution < -0.4 is 19.9 Å². The number of pyridine rings is 1. The second-order valence-electron chi connectivity index (χ2n) is 8.66. The average molecular weight is 481 g/mol. The van der Waals surface area contributed by atoms with Gasteiger partial charge in [0.25, 0.3) is 6.43 Å². The normalized spacial score (nSPS) is 13.0. The lowest BCUT2D eigenvalue weighted by atomic mass is 9.95. The third-order valence-corrected chi connectivity index (χ3v) is 5.97. The largest absolute Gasteiger partial charge is 0.490 e. The maximum absolute atomic E-state index is 12.9. The maximum atomic E-state index is 12.9. The van der Waals surface area contributed by atoms with Crippen molar-refractivity contribution in [3.8, 4) is 22.8 Å². The Balaban J connectivity index is 2.16. The minimum absolute atomic E-state index is 0.126. The number of alkyl halides is 2. The molecule has 2 heterocycles. The van der Waals surface area contributed by atoms with Gasteiger partial charge in [-0.25, -0.2) is 13.6 Å². The highest BCUT2D eigenvalue weighted by Crippen LogP contribution is 2.40. The van der Waals surface area contributed by atoms with Gasteiger partial charge in [0.05, 0.1) is 24.4 Å². The lowest BCUT2D eigenvalue weighted by molar-refractivity contribution is 0.0694. The van der Waals surface area contributed by atoms with Crippen molar-refractivity contribution in [2.75, 3.05) is 31.9 Å². The molecule has 1 aliphatic rings. The van der Waals surface area contributed by atoms with Gasteiger partial charge in [-0.05, 0) is 38.0 Å². The Bertz CT molecular complexity index is 1100. The Morgan fingerprint density at radius 1 is 1.18 bits per heavy atom. The number of aromatic carboxylic acids is 1.